The highest BCUT2D eigenvalue weighted by atomic mass is 16.5. The fourth-order valence-electron chi connectivity index (χ4n) is 2.99. The van der Waals surface area contributed by atoms with Crippen molar-refractivity contribution in [1.29, 1.82) is 0 Å². The van der Waals surface area contributed by atoms with E-state index in [4.69, 9.17) is 9.47 Å². The van der Waals surface area contributed by atoms with Crippen LogP contribution in [0, 0.1) is 5.92 Å². The summed E-state index contributed by atoms with van der Waals surface area (Å²) in [6.07, 6.45) is 1.87. The average Bonchev–Trinajstić information content (AvgIpc) is 2.60. The Morgan fingerprint density at radius 2 is 2.17 bits per heavy atom. The third-order valence-electron chi connectivity index (χ3n) is 4.20. The normalized spacial score (nSPS) is 16.2. The zero-order valence-corrected chi connectivity index (χ0v) is 13.5. The first kappa shape index (κ1) is 15.4. The standard InChI is InChI=1S/C19H21NO3/c1-20-19(21)16-5-3-4-13(9-16)8-14-10-15-6-7-17(22-2)11-18(15)23-12-14/h3-7,9,11,14H,8,10,12H2,1-2H3,(H,20,21)/t14-/m1/s1. The molecule has 4 heteroatoms. The van der Waals surface area contributed by atoms with E-state index in [1.807, 2.05) is 30.3 Å². The molecule has 4 nitrogen and oxygen atoms in total. The van der Waals surface area contributed by atoms with E-state index in [-0.39, 0.29) is 5.91 Å². The van der Waals surface area contributed by atoms with Crippen molar-refractivity contribution >= 4 is 5.91 Å². The Morgan fingerprint density at radius 3 is 2.96 bits per heavy atom. The number of benzene rings is 2. The van der Waals surface area contributed by atoms with Gasteiger partial charge in [-0.05, 0) is 42.2 Å². The van der Waals surface area contributed by atoms with E-state index in [1.54, 1.807) is 14.2 Å². The van der Waals surface area contributed by atoms with Gasteiger partial charge in [-0.3, -0.25) is 4.79 Å². The van der Waals surface area contributed by atoms with Gasteiger partial charge in [0.1, 0.15) is 11.5 Å². The molecular formula is C19H21NO3. The van der Waals surface area contributed by atoms with Crippen LogP contribution in [0.15, 0.2) is 42.5 Å². The van der Waals surface area contributed by atoms with E-state index in [9.17, 15) is 4.79 Å². The molecule has 0 aromatic heterocycles. The number of ether oxygens (including phenoxy) is 2. The van der Waals surface area contributed by atoms with Crippen LogP contribution in [0.25, 0.3) is 0 Å². The highest BCUT2D eigenvalue weighted by Gasteiger charge is 2.21. The van der Waals surface area contributed by atoms with Crippen molar-refractivity contribution in [2.24, 2.45) is 5.92 Å². The van der Waals surface area contributed by atoms with Crippen LogP contribution in [0.2, 0.25) is 0 Å². The molecule has 2 aromatic rings. The van der Waals surface area contributed by atoms with Crippen molar-refractivity contribution < 1.29 is 14.3 Å². The van der Waals surface area contributed by atoms with Crippen molar-refractivity contribution in [3.05, 3.63) is 59.2 Å². The number of nitrogens with one attached hydrogen (secondary N) is 1. The predicted molar refractivity (Wildman–Crippen MR) is 89.2 cm³/mol. The first-order valence-corrected chi connectivity index (χ1v) is 7.80. The number of hydrogen-bond donors (Lipinski definition) is 1. The molecule has 1 aliphatic rings. The van der Waals surface area contributed by atoms with Crippen LogP contribution in [0.4, 0.5) is 0 Å². The second-order valence-electron chi connectivity index (χ2n) is 5.84. The lowest BCUT2D eigenvalue weighted by Crippen LogP contribution is -2.23. The smallest absolute Gasteiger partial charge is 0.251 e. The highest BCUT2D eigenvalue weighted by molar-refractivity contribution is 5.94. The molecule has 1 N–H and O–H groups in total. The summed E-state index contributed by atoms with van der Waals surface area (Å²) in [6, 6.07) is 13.8. The number of fused-ring (bicyclic) bond motifs is 1. The summed E-state index contributed by atoms with van der Waals surface area (Å²) in [5, 5.41) is 2.66. The van der Waals surface area contributed by atoms with Gasteiger partial charge < -0.3 is 14.8 Å². The Hall–Kier alpha value is -2.49. The lowest BCUT2D eigenvalue weighted by molar-refractivity contribution is 0.0963. The minimum absolute atomic E-state index is 0.0517. The summed E-state index contributed by atoms with van der Waals surface area (Å²) < 4.78 is 11.1. The van der Waals surface area contributed by atoms with Crippen molar-refractivity contribution in [2.75, 3.05) is 20.8 Å². The quantitative estimate of drug-likeness (QED) is 0.944. The van der Waals surface area contributed by atoms with Gasteiger partial charge in [0.15, 0.2) is 0 Å². The van der Waals surface area contributed by atoms with Crippen molar-refractivity contribution in [2.45, 2.75) is 12.8 Å². The van der Waals surface area contributed by atoms with Gasteiger partial charge in [0.25, 0.3) is 5.91 Å². The van der Waals surface area contributed by atoms with Gasteiger partial charge >= 0.3 is 0 Å². The summed E-state index contributed by atoms with van der Waals surface area (Å²) in [4.78, 5) is 11.7. The fourth-order valence-corrected chi connectivity index (χ4v) is 2.99. The zero-order chi connectivity index (χ0) is 16.2. The van der Waals surface area contributed by atoms with Gasteiger partial charge in [-0.1, -0.05) is 18.2 Å². The second-order valence-corrected chi connectivity index (χ2v) is 5.84. The number of rotatable bonds is 4. The minimum atomic E-state index is -0.0517. The average molecular weight is 311 g/mol. The molecule has 0 bridgehead atoms. The molecule has 120 valence electrons. The summed E-state index contributed by atoms with van der Waals surface area (Å²) in [5.41, 5.74) is 3.08. The molecule has 2 aromatic carbocycles. The molecule has 0 unspecified atom stereocenters. The maximum Gasteiger partial charge on any atom is 0.251 e. The molecular weight excluding hydrogens is 290 g/mol. The number of carbonyl (C=O) groups excluding carboxylic acids is 1. The van der Waals surface area contributed by atoms with Crippen LogP contribution in [-0.4, -0.2) is 26.7 Å². The van der Waals surface area contributed by atoms with E-state index in [0.29, 0.717) is 18.1 Å². The molecule has 1 amide bonds. The molecule has 1 aliphatic heterocycles. The van der Waals surface area contributed by atoms with E-state index in [0.717, 1.165) is 29.9 Å². The molecule has 1 atom stereocenters. The lowest BCUT2D eigenvalue weighted by Gasteiger charge is -2.25. The second kappa shape index (κ2) is 6.73. The third-order valence-corrected chi connectivity index (χ3v) is 4.20. The Morgan fingerprint density at radius 1 is 1.30 bits per heavy atom. The molecule has 0 aliphatic carbocycles. The molecule has 0 fully saturated rings. The molecule has 0 radical (unpaired) electrons. The molecule has 0 saturated heterocycles. The van der Waals surface area contributed by atoms with E-state index >= 15 is 0 Å². The fraction of sp³-hybridized carbons (Fsp3) is 0.316. The van der Waals surface area contributed by atoms with Gasteiger partial charge in [-0.2, -0.15) is 0 Å². The first-order chi connectivity index (χ1) is 11.2. The Kier molecular flexibility index (Phi) is 4.51. The largest absolute Gasteiger partial charge is 0.497 e. The Bertz CT molecular complexity index is 712. The summed E-state index contributed by atoms with van der Waals surface area (Å²) in [5.74, 6) is 2.10. The number of hydrogen-bond acceptors (Lipinski definition) is 3. The van der Waals surface area contributed by atoms with Crippen LogP contribution in [0.5, 0.6) is 11.5 Å². The lowest BCUT2D eigenvalue weighted by atomic mass is 9.90. The number of methoxy groups -OCH3 is 1. The van der Waals surface area contributed by atoms with Crippen LogP contribution in [-0.2, 0) is 12.8 Å². The monoisotopic (exact) mass is 311 g/mol. The maximum atomic E-state index is 11.7. The third kappa shape index (κ3) is 3.47. The van der Waals surface area contributed by atoms with Gasteiger partial charge in [0, 0.05) is 24.6 Å². The predicted octanol–water partition coefficient (Wildman–Crippen LogP) is 2.85. The van der Waals surface area contributed by atoms with Crippen molar-refractivity contribution in [3.63, 3.8) is 0 Å². The molecule has 1 heterocycles. The number of amides is 1. The highest BCUT2D eigenvalue weighted by Crippen LogP contribution is 2.32. The minimum Gasteiger partial charge on any atom is -0.497 e. The van der Waals surface area contributed by atoms with Crippen LogP contribution < -0.4 is 14.8 Å². The summed E-state index contributed by atoms with van der Waals surface area (Å²) >= 11 is 0. The van der Waals surface area contributed by atoms with Crippen LogP contribution >= 0.6 is 0 Å². The van der Waals surface area contributed by atoms with E-state index < -0.39 is 0 Å². The summed E-state index contributed by atoms with van der Waals surface area (Å²) in [6.45, 7) is 0.685. The molecule has 3 rings (SSSR count). The van der Waals surface area contributed by atoms with Crippen LogP contribution in [0.3, 0.4) is 0 Å². The zero-order valence-electron chi connectivity index (χ0n) is 13.5. The van der Waals surface area contributed by atoms with Crippen molar-refractivity contribution in [3.8, 4) is 11.5 Å². The first-order valence-electron chi connectivity index (χ1n) is 7.80. The molecule has 23 heavy (non-hydrogen) atoms. The van der Waals surface area contributed by atoms with Gasteiger partial charge in [-0.25, -0.2) is 0 Å². The molecule has 0 saturated carbocycles. The molecule has 0 spiro atoms. The van der Waals surface area contributed by atoms with Crippen LogP contribution in [0.1, 0.15) is 21.5 Å². The van der Waals surface area contributed by atoms with E-state index in [2.05, 4.69) is 17.4 Å². The topological polar surface area (TPSA) is 47.6 Å². The van der Waals surface area contributed by atoms with Gasteiger partial charge in [0.05, 0.1) is 13.7 Å². The van der Waals surface area contributed by atoms with Gasteiger partial charge in [0.2, 0.25) is 0 Å². The van der Waals surface area contributed by atoms with Gasteiger partial charge in [-0.15, -0.1) is 0 Å². The van der Waals surface area contributed by atoms with Crippen molar-refractivity contribution in [1.82, 2.24) is 5.32 Å². The summed E-state index contributed by atoms with van der Waals surface area (Å²) in [7, 11) is 3.31. The number of carbonyl (C=O) groups is 1. The Labute approximate surface area is 136 Å². The Balaban J connectivity index is 1.71. The maximum absolute atomic E-state index is 11.7. The SMILES string of the molecule is CNC(=O)c1cccc(C[C@H]2COc3cc(OC)ccc3C2)c1. The van der Waals surface area contributed by atoms with E-state index in [1.165, 1.54) is 5.56 Å².